The molecule has 0 saturated heterocycles. The fraction of sp³-hybridized carbons (Fsp3) is 0. The third-order valence-corrected chi connectivity index (χ3v) is 16.0. The van der Waals surface area contributed by atoms with Crippen molar-refractivity contribution >= 4 is 134 Å². The second-order valence-corrected chi connectivity index (χ2v) is 19.2. The number of rotatable bonds is 5. The molecule has 0 aliphatic carbocycles. The van der Waals surface area contributed by atoms with Gasteiger partial charge in [0.25, 0.3) is 0 Å². The summed E-state index contributed by atoms with van der Waals surface area (Å²) in [6.07, 6.45) is 0. The first-order valence-electron chi connectivity index (χ1n) is 22.2. The highest BCUT2D eigenvalue weighted by atomic mass is 32.1. The molecule has 0 aliphatic heterocycles. The summed E-state index contributed by atoms with van der Waals surface area (Å²) >= 11 is 3.84. The van der Waals surface area contributed by atoms with Gasteiger partial charge in [0.2, 0.25) is 0 Å². The monoisotopic (exact) mass is 859 g/mol. The number of thiophene rings is 2. The molecular weight excluding hydrogens is 823 g/mol. The van der Waals surface area contributed by atoms with E-state index in [1.807, 2.05) is 22.7 Å². The van der Waals surface area contributed by atoms with Gasteiger partial charge in [-0.2, -0.15) is 0 Å². The van der Waals surface area contributed by atoms with Crippen molar-refractivity contribution in [1.29, 1.82) is 0 Å². The normalized spacial score (nSPS) is 12.0. The Labute approximate surface area is 383 Å². The fourth-order valence-electron chi connectivity index (χ4n) is 10.7. The van der Waals surface area contributed by atoms with Crippen LogP contribution in [0.4, 0.5) is 17.1 Å². The van der Waals surface area contributed by atoms with E-state index in [2.05, 4.69) is 229 Å². The number of nitrogens with zero attached hydrogens (tertiary/aromatic N) is 1. The van der Waals surface area contributed by atoms with Crippen molar-refractivity contribution < 1.29 is 0 Å². The van der Waals surface area contributed by atoms with Gasteiger partial charge in [0.15, 0.2) is 0 Å². The van der Waals surface area contributed by atoms with Gasteiger partial charge in [-0.1, -0.05) is 176 Å². The molecule has 0 N–H and O–H groups in total. The lowest BCUT2D eigenvalue weighted by atomic mass is 9.93. The zero-order valence-corrected chi connectivity index (χ0v) is 36.8. The summed E-state index contributed by atoms with van der Waals surface area (Å²) in [4.78, 5) is 2.45. The molecule has 2 aromatic heterocycles. The molecule has 12 aromatic carbocycles. The van der Waals surface area contributed by atoms with Gasteiger partial charge < -0.3 is 4.90 Å². The van der Waals surface area contributed by atoms with Crippen LogP contribution in [0.3, 0.4) is 0 Å². The van der Waals surface area contributed by atoms with E-state index in [1.165, 1.54) is 116 Å². The van der Waals surface area contributed by atoms with Crippen LogP contribution in [-0.2, 0) is 0 Å². The van der Waals surface area contributed by atoms with E-state index in [0.717, 1.165) is 17.1 Å². The molecule has 0 atom stereocenters. The van der Waals surface area contributed by atoms with Gasteiger partial charge in [-0.05, 0) is 108 Å². The molecule has 2 heterocycles. The van der Waals surface area contributed by atoms with Crippen molar-refractivity contribution in [3.05, 3.63) is 224 Å². The van der Waals surface area contributed by atoms with Crippen molar-refractivity contribution in [3.8, 4) is 22.3 Å². The molecule has 0 bridgehead atoms. The summed E-state index contributed by atoms with van der Waals surface area (Å²) in [6, 6.07) is 83.3. The van der Waals surface area contributed by atoms with Crippen molar-refractivity contribution in [2.45, 2.75) is 0 Å². The number of fused-ring (bicyclic) bond motifs is 16. The molecular formula is C62H37NS2. The van der Waals surface area contributed by atoms with Crippen molar-refractivity contribution in [2.24, 2.45) is 0 Å². The summed E-state index contributed by atoms with van der Waals surface area (Å²) < 4.78 is 5.33. The summed E-state index contributed by atoms with van der Waals surface area (Å²) in [5, 5.41) is 18.2. The second-order valence-electron chi connectivity index (χ2n) is 17.1. The first-order valence-corrected chi connectivity index (χ1v) is 23.9. The highest BCUT2D eigenvalue weighted by Gasteiger charge is 2.22. The Morgan fingerprint density at radius 1 is 0.277 bits per heavy atom. The maximum Gasteiger partial charge on any atom is 0.0546 e. The third-order valence-electron chi connectivity index (χ3n) is 13.6. The van der Waals surface area contributed by atoms with E-state index >= 15 is 0 Å². The first-order chi connectivity index (χ1) is 32.2. The Hall–Kier alpha value is -7.82. The van der Waals surface area contributed by atoms with Crippen LogP contribution in [0.2, 0.25) is 0 Å². The summed E-state index contributed by atoms with van der Waals surface area (Å²) in [6.45, 7) is 0. The lowest BCUT2D eigenvalue weighted by Gasteiger charge is -2.28. The van der Waals surface area contributed by atoms with Crippen molar-refractivity contribution in [3.63, 3.8) is 0 Å². The van der Waals surface area contributed by atoms with E-state index in [9.17, 15) is 0 Å². The summed E-state index contributed by atoms with van der Waals surface area (Å²) in [7, 11) is 0. The molecule has 14 aromatic rings. The largest absolute Gasteiger partial charge is 0.310 e. The van der Waals surface area contributed by atoms with E-state index in [0.29, 0.717) is 0 Å². The minimum Gasteiger partial charge on any atom is -0.310 e. The molecule has 0 radical (unpaired) electrons. The van der Waals surface area contributed by atoms with Gasteiger partial charge in [0.1, 0.15) is 0 Å². The second kappa shape index (κ2) is 14.4. The molecule has 0 unspecified atom stereocenters. The quantitative estimate of drug-likeness (QED) is 0.156. The Bertz CT molecular complexity index is 4240. The van der Waals surface area contributed by atoms with E-state index in [1.54, 1.807) is 0 Å². The van der Waals surface area contributed by atoms with Gasteiger partial charge in [-0.3, -0.25) is 0 Å². The van der Waals surface area contributed by atoms with Crippen LogP contribution < -0.4 is 4.90 Å². The fourth-order valence-corrected chi connectivity index (χ4v) is 13.4. The van der Waals surface area contributed by atoms with Crippen molar-refractivity contribution in [2.75, 3.05) is 4.90 Å². The molecule has 0 amide bonds. The van der Waals surface area contributed by atoms with Crippen LogP contribution in [0.15, 0.2) is 224 Å². The van der Waals surface area contributed by atoms with Crippen LogP contribution in [0.25, 0.3) is 116 Å². The predicted octanol–water partition coefficient (Wildman–Crippen LogP) is 19.0. The van der Waals surface area contributed by atoms with E-state index in [-0.39, 0.29) is 0 Å². The summed E-state index contributed by atoms with van der Waals surface area (Å²) in [5.41, 5.74) is 8.31. The van der Waals surface area contributed by atoms with Gasteiger partial charge in [0, 0.05) is 68.1 Å². The van der Waals surface area contributed by atoms with Crippen LogP contribution >= 0.6 is 22.7 Å². The lowest BCUT2D eigenvalue weighted by molar-refractivity contribution is 1.30. The molecule has 1 nitrogen and oxygen atoms in total. The maximum atomic E-state index is 2.45. The Kier molecular flexibility index (Phi) is 8.09. The SMILES string of the molecule is c1ccc(N(c2ccc(-c3cc4ccccc4c4c3sc3c5ccccc5c5ccccc5c34)cc2)c2cc(-c3cccc4sc5c6ccccc6ccc5c34)cc3ccccc23)cc1. The minimum absolute atomic E-state index is 1.11. The highest BCUT2D eigenvalue weighted by molar-refractivity contribution is 7.28. The first kappa shape index (κ1) is 36.6. The zero-order valence-electron chi connectivity index (χ0n) is 35.1. The molecule has 0 spiro atoms. The van der Waals surface area contributed by atoms with Gasteiger partial charge in [-0.15, -0.1) is 22.7 Å². The van der Waals surface area contributed by atoms with E-state index < -0.39 is 0 Å². The number of hydrogen-bond acceptors (Lipinski definition) is 3. The zero-order chi connectivity index (χ0) is 42.6. The molecule has 0 saturated carbocycles. The van der Waals surface area contributed by atoms with Gasteiger partial charge in [-0.25, -0.2) is 0 Å². The van der Waals surface area contributed by atoms with Crippen LogP contribution in [-0.4, -0.2) is 0 Å². The smallest absolute Gasteiger partial charge is 0.0546 e. The van der Waals surface area contributed by atoms with E-state index in [4.69, 9.17) is 0 Å². The lowest BCUT2D eigenvalue weighted by Crippen LogP contribution is -2.10. The Balaban J connectivity index is 0.977. The Morgan fingerprint density at radius 2 is 0.877 bits per heavy atom. The molecule has 14 rings (SSSR count). The number of para-hydroxylation sites is 1. The highest BCUT2D eigenvalue weighted by Crippen LogP contribution is 2.51. The van der Waals surface area contributed by atoms with Crippen LogP contribution in [0.5, 0.6) is 0 Å². The average molecular weight is 860 g/mol. The average Bonchev–Trinajstić information content (AvgIpc) is 3.98. The van der Waals surface area contributed by atoms with Crippen LogP contribution in [0.1, 0.15) is 0 Å². The molecule has 302 valence electrons. The van der Waals surface area contributed by atoms with Crippen LogP contribution in [0, 0.1) is 0 Å². The number of benzene rings is 12. The maximum absolute atomic E-state index is 2.45. The predicted molar refractivity (Wildman–Crippen MR) is 285 cm³/mol. The number of hydrogen-bond donors (Lipinski definition) is 0. The molecule has 3 heteroatoms. The van der Waals surface area contributed by atoms with Gasteiger partial charge >= 0.3 is 0 Å². The standard InChI is InChI=1S/C62H37NS2/c1-2-18-43(19-3-1)63(55-37-42(35-40-16-5-7-20-45(40)55)47-27-14-28-56-57(47)53-34-31-38-15-4-9-22-48(38)60(53)64-56)44-32-29-39(30-33-44)54-36-41-17-6-8-21-46(41)58-59-51-25-12-10-23-49(51)50-24-11-13-26-52(50)61(59)65-62(54)58/h1-37H. The minimum atomic E-state index is 1.11. The third kappa shape index (κ3) is 5.56. The van der Waals surface area contributed by atoms with Crippen molar-refractivity contribution in [1.82, 2.24) is 0 Å². The number of anilines is 3. The Morgan fingerprint density at radius 3 is 1.66 bits per heavy atom. The summed E-state index contributed by atoms with van der Waals surface area (Å²) in [5.74, 6) is 0. The molecule has 0 fully saturated rings. The topological polar surface area (TPSA) is 3.24 Å². The molecule has 65 heavy (non-hydrogen) atoms. The molecule has 0 aliphatic rings. The van der Waals surface area contributed by atoms with Gasteiger partial charge in [0.05, 0.1) is 5.69 Å².